The predicted molar refractivity (Wildman–Crippen MR) is 106 cm³/mol. The first-order chi connectivity index (χ1) is 13.7. The van der Waals surface area contributed by atoms with Crippen molar-refractivity contribution in [2.24, 2.45) is 0 Å². The van der Waals surface area contributed by atoms with Crippen LogP contribution in [0.5, 0.6) is 0 Å². The Hall–Kier alpha value is -2.85. The van der Waals surface area contributed by atoms with E-state index in [0.29, 0.717) is 16.8 Å². The molecule has 1 aromatic heterocycles. The van der Waals surface area contributed by atoms with Gasteiger partial charge in [0.2, 0.25) is 15.9 Å². The lowest BCUT2D eigenvalue weighted by atomic mass is 10.1. The maximum absolute atomic E-state index is 14.0. The molecule has 1 heterocycles. The molecular weight excluding hydrogens is 404 g/mol. The van der Waals surface area contributed by atoms with Gasteiger partial charge in [0, 0.05) is 19.7 Å². The zero-order chi connectivity index (χ0) is 21.4. The highest BCUT2D eigenvalue weighted by atomic mass is 32.2. The number of halogens is 2. The van der Waals surface area contributed by atoms with E-state index in [4.69, 9.17) is 4.74 Å². The number of alkyl halides is 1. The smallest absolute Gasteiger partial charge is 0.244 e. The molecule has 2 N–H and O–H groups in total. The van der Waals surface area contributed by atoms with Gasteiger partial charge in [-0.2, -0.15) is 0 Å². The van der Waals surface area contributed by atoms with Gasteiger partial charge in [-0.3, -0.25) is 14.5 Å². The van der Waals surface area contributed by atoms with Crippen LogP contribution in [-0.2, 0) is 39.4 Å². The maximum Gasteiger partial charge on any atom is 0.244 e. The van der Waals surface area contributed by atoms with E-state index in [1.807, 2.05) is 0 Å². The lowest BCUT2D eigenvalue weighted by Gasteiger charge is -2.08. The number of hydrogen-bond donors (Lipinski definition) is 2. The molecule has 2 rings (SSSR count). The van der Waals surface area contributed by atoms with Gasteiger partial charge in [-0.25, -0.2) is 17.2 Å². The summed E-state index contributed by atoms with van der Waals surface area (Å²) < 4.78 is 56.1. The van der Waals surface area contributed by atoms with Crippen LogP contribution in [0.15, 0.2) is 36.4 Å². The number of hydrogen-bond acceptors (Lipinski definition) is 5. The first-order valence-electron chi connectivity index (χ1n) is 8.47. The van der Waals surface area contributed by atoms with Gasteiger partial charge in [0.1, 0.15) is 12.5 Å². The van der Waals surface area contributed by atoms with E-state index < -0.39 is 28.4 Å². The molecule has 0 fully saturated rings. The number of amides is 1. The molecule has 0 bridgehead atoms. The number of pyridine rings is 1. The third-order valence-corrected chi connectivity index (χ3v) is 4.29. The van der Waals surface area contributed by atoms with Crippen LogP contribution in [-0.4, -0.2) is 32.7 Å². The van der Waals surface area contributed by atoms with E-state index in [0.717, 1.165) is 12.3 Å². The normalized spacial score (nSPS) is 11.6. The molecular formula is C19H21F2N3O4S. The summed E-state index contributed by atoms with van der Waals surface area (Å²) in [5, 5.41) is 2.60. The summed E-state index contributed by atoms with van der Waals surface area (Å²) in [5.74, 6) is -1.18. The topological polar surface area (TPSA) is 97.4 Å². The third kappa shape index (κ3) is 7.24. The highest BCUT2D eigenvalue weighted by Gasteiger charge is 2.09. The van der Waals surface area contributed by atoms with Gasteiger partial charge < -0.3 is 10.1 Å². The summed E-state index contributed by atoms with van der Waals surface area (Å²) in [6, 6.07) is 7.07. The number of nitrogens with zero attached hydrogens (tertiary/aromatic N) is 1. The van der Waals surface area contributed by atoms with Crippen molar-refractivity contribution in [3.8, 4) is 0 Å². The van der Waals surface area contributed by atoms with Crippen molar-refractivity contribution in [3.63, 3.8) is 0 Å². The molecule has 156 valence electrons. The van der Waals surface area contributed by atoms with Gasteiger partial charge in [-0.05, 0) is 35.4 Å². The van der Waals surface area contributed by atoms with Crippen molar-refractivity contribution in [2.75, 3.05) is 18.1 Å². The van der Waals surface area contributed by atoms with Crippen molar-refractivity contribution in [2.45, 2.75) is 19.8 Å². The lowest BCUT2D eigenvalue weighted by molar-refractivity contribution is -0.116. The van der Waals surface area contributed by atoms with Crippen LogP contribution in [0.2, 0.25) is 0 Å². The monoisotopic (exact) mass is 425 g/mol. The van der Waals surface area contributed by atoms with Gasteiger partial charge in [0.25, 0.3) is 0 Å². The van der Waals surface area contributed by atoms with Crippen LogP contribution in [0.25, 0.3) is 6.08 Å². The Morgan fingerprint density at radius 1 is 1.28 bits per heavy atom. The van der Waals surface area contributed by atoms with Crippen molar-refractivity contribution >= 4 is 27.7 Å². The molecule has 0 atom stereocenters. The molecule has 29 heavy (non-hydrogen) atoms. The van der Waals surface area contributed by atoms with Crippen LogP contribution in [0, 0.1) is 5.82 Å². The maximum atomic E-state index is 14.0. The summed E-state index contributed by atoms with van der Waals surface area (Å²) in [7, 11) is -2.10. The first kappa shape index (κ1) is 22.4. The van der Waals surface area contributed by atoms with Crippen molar-refractivity contribution in [1.82, 2.24) is 10.3 Å². The predicted octanol–water partition coefficient (Wildman–Crippen LogP) is 2.54. The molecule has 2 aromatic rings. The summed E-state index contributed by atoms with van der Waals surface area (Å²) in [4.78, 5) is 16.1. The van der Waals surface area contributed by atoms with Crippen LogP contribution in [0.1, 0.15) is 22.5 Å². The van der Waals surface area contributed by atoms with E-state index in [2.05, 4.69) is 15.0 Å². The van der Waals surface area contributed by atoms with Gasteiger partial charge in [-0.15, -0.1) is 0 Å². The number of methoxy groups -OCH3 is 1. The second-order valence-corrected chi connectivity index (χ2v) is 7.89. The van der Waals surface area contributed by atoms with Crippen molar-refractivity contribution in [3.05, 3.63) is 64.7 Å². The molecule has 0 unspecified atom stereocenters. The van der Waals surface area contributed by atoms with Gasteiger partial charge >= 0.3 is 0 Å². The molecule has 0 saturated carbocycles. The second kappa shape index (κ2) is 10.1. The van der Waals surface area contributed by atoms with E-state index >= 15 is 0 Å². The Morgan fingerprint density at radius 3 is 2.66 bits per heavy atom. The number of aromatic nitrogens is 1. The van der Waals surface area contributed by atoms with Gasteiger partial charge in [-0.1, -0.05) is 12.1 Å². The Morgan fingerprint density at radius 2 is 2.03 bits per heavy atom. The molecule has 0 aliphatic rings. The third-order valence-electron chi connectivity index (χ3n) is 3.69. The second-order valence-electron chi connectivity index (χ2n) is 6.14. The minimum absolute atomic E-state index is 0.0449. The lowest BCUT2D eigenvalue weighted by Crippen LogP contribution is -2.20. The quantitative estimate of drug-likeness (QED) is 0.602. The molecule has 0 radical (unpaired) electrons. The average molecular weight is 425 g/mol. The zero-order valence-corrected chi connectivity index (χ0v) is 16.7. The summed E-state index contributed by atoms with van der Waals surface area (Å²) in [5.41, 5.74) is 1.67. The molecule has 1 aromatic carbocycles. The van der Waals surface area contributed by atoms with Crippen LogP contribution in [0.3, 0.4) is 0 Å². The highest BCUT2D eigenvalue weighted by Crippen LogP contribution is 2.17. The molecule has 7 nitrogen and oxygen atoms in total. The number of rotatable bonds is 9. The standard InChI is InChI=1S/C19H21F2N3O4S/c1-28-12-18-14(4-6-15(10-20)23-18)5-8-19(25)22-11-13-3-7-17(16(21)9-13)24-29(2,26)27/h3-9,24H,10-12H2,1-2H3,(H,22,25)/b8-5+. The number of carbonyl (C=O) groups is 1. The molecule has 0 saturated heterocycles. The fraction of sp³-hybridized carbons (Fsp3) is 0.263. The molecule has 10 heteroatoms. The number of sulfonamides is 1. The number of nitrogens with one attached hydrogen (secondary N) is 2. The van der Waals surface area contributed by atoms with Gasteiger partial charge in [0.05, 0.1) is 29.9 Å². The summed E-state index contributed by atoms with van der Waals surface area (Å²) in [6.45, 7) is -0.484. The van der Waals surface area contributed by atoms with Crippen LogP contribution in [0.4, 0.5) is 14.5 Å². The minimum Gasteiger partial charge on any atom is -0.378 e. The van der Waals surface area contributed by atoms with E-state index in [9.17, 15) is 22.0 Å². The molecule has 1 amide bonds. The van der Waals surface area contributed by atoms with E-state index in [1.54, 1.807) is 6.07 Å². The Bertz CT molecular complexity index is 1010. The number of benzene rings is 1. The van der Waals surface area contributed by atoms with Crippen molar-refractivity contribution < 1.29 is 26.7 Å². The SMILES string of the molecule is COCc1nc(CF)ccc1/C=C/C(=O)NCc1ccc(NS(C)(=O)=O)c(F)c1. The van der Waals surface area contributed by atoms with E-state index in [1.165, 1.54) is 37.5 Å². The largest absolute Gasteiger partial charge is 0.378 e. The molecule has 0 aliphatic heterocycles. The van der Waals surface area contributed by atoms with Crippen LogP contribution < -0.4 is 10.0 Å². The zero-order valence-electron chi connectivity index (χ0n) is 15.9. The Labute approximate surface area is 167 Å². The molecule has 0 aliphatic carbocycles. The fourth-order valence-electron chi connectivity index (χ4n) is 2.40. The Balaban J connectivity index is 2.00. The number of ether oxygens (including phenoxy) is 1. The average Bonchev–Trinajstić information content (AvgIpc) is 2.66. The van der Waals surface area contributed by atoms with Gasteiger partial charge in [0.15, 0.2) is 0 Å². The number of anilines is 1. The summed E-state index contributed by atoms with van der Waals surface area (Å²) >= 11 is 0. The van der Waals surface area contributed by atoms with E-state index in [-0.39, 0.29) is 24.5 Å². The number of carbonyl (C=O) groups excluding carboxylic acids is 1. The minimum atomic E-state index is -3.59. The fourth-order valence-corrected chi connectivity index (χ4v) is 2.97. The summed E-state index contributed by atoms with van der Waals surface area (Å²) in [6.07, 6.45) is 3.73. The molecule has 0 spiro atoms. The first-order valence-corrected chi connectivity index (χ1v) is 10.4. The van der Waals surface area contributed by atoms with Crippen LogP contribution >= 0.6 is 0 Å². The van der Waals surface area contributed by atoms with Crippen molar-refractivity contribution in [1.29, 1.82) is 0 Å². The Kier molecular flexibility index (Phi) is 7.80. The highest BCUT2D eigenvalue weighted by molar-refractivity contribution is 7.92.